The SMILES string of the molecule is CCO/N=C/c1cc(-c2nn(C)c(OC(F)F)c2Cl)ccc1Cl. The lowest BCUT2D eigenvalue weighted by Crippen LogP contribution is -2.06. The molecule has 0 amide bonds. The molecule has 23 heavy (non-hydrogen) atoms. The molecule has 0 aliphatic carbocycles. The van der Waals surface area contributed by atoms with Crippen LogP contribution >= 0.6 is 23.2 Å². The third-order valence-electron chi connectivity index (χ3n) is 2.81. The molecule has 0 bridgehead atoms. The molecule has 2 rings (SSSR count). The van der Waals surface area contributed by atoms with Crippen LogP contribution in [0.3, 0.4) is 0 Å². The molecule has 1 aromatic carbocycles. The van der Waals surface area contributed by atoms with Crippen LogP contribution in [0.4, 0.5) is 8.78 Å². The van der Waals surface area contributed by atoms with Gasteiger partial charge in [-0.1, -0.05) is 34.4 Å². The number of halogens is 4. The lowest BCUT2D eigenvalue weighted by molar-refractivity contribution is -0.0552. The molecule has 2 aromatic rings. The van der Waals surface area contributed by atoms with Crippen LogP contribution in [0, 0.1) is 0 Å². The van der Waals surface area contributed by atoms with Crippen molar-refractivity contribution in [2.75, 3.05) is 6.61 Å². The van der Waals surface area contributed by atoms with E-state index in [-0.39, 0.29) is 10.9 Å². The average Bonchev–Trinajstić information content (AvgIpc) is 2.77. The third kappa shape index (κ3) is 4.11. The van der Waals surface area contributed by atoms with E-state index in [1.807, 2.05) is 0 Å². The van der Waals surface area contributed by atoms with Gasteiger partial charge in [0.2, 0.25) is 5.88 Å². The summed E-state index contributed by atoms with van der Waals surface area (Å²) in [6, 6.07) is 4.97. The molecule has 5 nitrogen and oxygen atoms in total. The van der Waals surface area contributed by atoms with Gasteiger partial charge in [-0.3, -0.25) is 0 Å². The van der Waals surface area contributed by atoms with Crippen LogP contribution in [-0.4, -0.2) is 29.2 Å². The predicted octanol–water partition coefficient (Wildman–Crippen LogP) is 4.37. The van der Waals surface area contributed by atoms with Gasteiger partial charge in [0.25, 0.3) is 0 Å². The summed E-state index contributed by atoms with van der Waals surface area (Å²) in [5, 5.41) is 8.30. The molecule has 0 saturated carbocycles. The summed E-state index contributed by atoms with van der Waals surface area (Å²) >= 11 is 12.2. The summed E-state index contributed by atoms with van der Waals surface area (Å²) in [6.07, 6.45) is 1.45. The number of nitrogens with zero attached hydrogens (tertiary/aromatic N) is 3. The van der Waals surface area contributed by atoms with Crippen molar-refractivity contribution in [2.45, 2.75) is 13.5 Å². The summed E-state index contributed by atoms with van der Waals surface area (Å²) < 4.78 is 30.3. The van der Waals surface area contributed by atoms with Crippen LogP contribution < -0.4 is 4.74 Å². The van der Waals surface area contributed by atoms with Crippen molar-refractivity contribution in [3.05, 3.63) is 33.8 Å². The summed E-state index contributed by atoms with van der Waals surface area (Å²) in [5.41, 5.74) is 1.46. The lowest BCUT2D eigenvalue weighted by atomic mass is 10.1. The zero-order valence-corrected chi connectivity index (χ0v) is 13.8. The molecule has 124 valence electrons. The fourth-order valence-electron chi connectivity index (χ4n) is 1.84. The van der Waals surface area contributed by atoms with Crippen LogP contribution in [0.1, 0.15) is 12.5 Å². The number of alkyl halides is 2. The van der Waals surface area contributed by atoms with Gasteiger partial charge in [0.05, 0.1) is 6.21 Å². The van der Waals surface area contributed by atoms with Crippen molar-refractivity contribution in [2.24, 2.45) is 12.2 Å². The van der Waals surface area contributed by atoms with E-state index in [4.69, 9.17) is 28.0 Å². The van der Waals surface area contributed by atoms with E-state index < -0.39 is 6.61 Å². The van der Waals surface area contributed by atoms with Gasteiger partial charge < -0.3 is 9.57 Å². The Labute approximate surface area is 141 Å². The highest BCUT2D eigenvalue weighted by Gasteiger charge is 2.20. The van der Waals surface area contributed by atoms with Gasteiger partial charge >= 0.3 is 6.61 Å². The maximum Gasteiger partial charge on any atom is 0.388 e. The van der Waals surface area contributed by atoms with Crippen LogP contribution in [0.25, 0.3) is 11.3 Å². The zero-order valence-electron chi connectivity index (χ0n) is 12.3. The first-order valence-corrected chi connectivity index (χ1v) is 7.32. The fourth-order valence-corrected chi connectivity index (χ4v) is 2.32. The van der Waals surface area contributed by atoms with Gasteiger partial charge in [-0.05, 0) is 19.1 Å². The van der Waals surface area contributed by atoms with Crippen molar-refractivity contribution < 1.29 is 18.4 Å². The van der Waals surface area contributed by atoms with Crippen LogP contribution in [0.15, 0.2) is 23.4 Å². The summed E-state index contributed by atoms with van der Waals surface area (Å²) in [7, 11) is 1.46. The molecular weight excluding hydrogens is 351 g/mol. The Balaban J connectivity index is 2.41. The highest BCUT2D eigenvalue weighted by Crippen LogP contribution is 2.36. The molecule has 1 aromatic heterocycles. The molecule has 0 saturated heterocycles. The van der Waals surface area contributed by atoms with Crippen LogP contribution in [0.2, 0.25) is 10.0 Å². The first-order chi connectivity index (χ1) is 10.9. The van der Waals surface area contributed by atoms with Gasteiger partial charge in [-0.25, -0.2) is 4.68 Å². The second kappa shape index (κ2) is 7.61. The first kappa shape index (κ1) is 17.5. The van der Waals surface area contributed by atoms with E-state index in [1.54, 1.807) is 25.1 Å². The van der Waals surface area contributed by atoms with Crippen LogP contribution in [0.5, 0.6) is 5.88 Å². The Kier molecular flexibility index (Phi) is 5.79. The highest BCUT2D eigenvalue weighted by molar-refractivity contribution is 6.35. The molecule has 0 unspecified atom stereocenters. The number of hydrogen-bond acceptors (Lipinski definition) is 4. The van der Waals surface area contributed by atoms with Gasteiger partial charge in [0, 0.05) is 23.2 Å². The number of aromatic nitrogens is 2. The summed E-state index contributed by atoms with van der Waals surface area (Å²) in [6.45, 7) is -0.767. The molecule has 0 atom stereocenters. The minimum Gasteiger partial charge on any atom is -0.416 e. The van der Waals surface area contributed by atoms with E-state index >= 15 is 0 Å². The van der Waals surface area contributed by atoms with Crippen molar-refractivity contribution >= 4 is 29.4 Å². The average molecular weight is 364 g/mol. The number of hydrogen-bond donors (Lipinski definition) is 0. The van der Waals surface area contributed by atoms with Crippen molar-refractivity contribution in [1.29, 1.82) is 0 Å². The Morgan fingerprint density at radius 1 is 1.39 bits per heavy atom. The molecule has 1 heterocycles. The summed E-state index contributed by atoms with van der Waals surface area (Å²) in [4.78, 5) is 4.89. The van der Waals surface area contributed by atoms with E-state index in [1.165, 1.54) is 13.3 Å². The first-order valence-electron chi connectivity index (χ1n) is 6.56. The number of benzene rings is 1. The molecular formula is C14H13Cl2F2N3O2. The molecule has 0 aliphatic rings. The van der Waals surface area contributed by atoms with Gasteiger partial charge in [-0.15, -0.1) is 0 Å². The molecule has 0 N–H and O–H groups in total. The number of ether oxygens (including phenoxy) is 1. The molecule has 0 radical (unpaired) electrons. The van der Waals surface area contributed by atoms with Crippen molar-refractivity contribution in [3.63, 3.8) is 0 Å². The topological polar surface area (TPSA) is 48.6 Å². The van der Waals surface area contributed by atoms with E-state index in [0.717, 1.165) is 4.68 Å². The quantitative estimate of drug-likeness (QED) is 0.565. The van der Waals surface area contributed by atoms with Crippen molar-refractivity contribution in [1.82, 2.24) is 9.78 Å². The highest BCUT2D eigenvalue weighted by atomic mass is 35.5. The van der Waals surface area contributed by atoms with E-state index in [2.05, 4.69) is 15.0 Å². The smallest absolute Gasteiger partial charge is 0.388 e. The van der Waals surface area contributed by atoms with Gasteiger partial charge in [0.1, 0.15) is 17.3 Å². The molecule has 0 fully saturated rings. The monoisotopic (exact) mass is 363 g/mol. The number of oxime groups is 1. The largest absolute Gasteiger partial charge is 0.416 e. The molecule has 9 heteroatoms. The van der Waals surface area contributed by atoms with Gasteiger partial charge in [-0.2, -0.15) is 13.9 Å². The van der Waals surface area contributed by atoms with E-state index in [0.29, 0.717) is 28.5 Å². The Hall–Kier alpha value is -1.86. The summed E-state index contributed by atoms with van der Waals surface area (Å²) in [5.74, 6) is -0.212. The second-order valence-electron chi connectivity index (χ2n) is 4.36. The van der Waals surface area contributed by atoms with Crippen LogP contribution in [-0.2, 0) is 11.9 Å². The normalized spacial score (nSPS) is 11.4. The maximum absolute atomic E-state index is 12.4. The predicted molar refractivity (Wildman–Crippen MR) is 84.5 cm³/mol. The van der Waals surface area contributed by atoms with Crippen molar-refractivity contribution in [3.8, 4) is 17.1 Å². The lowest BCUT2D eigenvalue weighted by Gasteiger charge is -2.04. The fraction of sp³-hybridized carbons (Fsp3) is 0.286. The Morgan fingerprint density at radius 3 is 2.78 bits per heavy atom. The Bertz CT molecular complexity index is 720. The number of aryl methyl sites for hydroxylation is 1. The van der Waals surface area contributed by atoms with E-state index in [9.17, 15) is 8.78 Å². The Morgan fingerprint density at radius 2 is 2.13 bits per heavy atom. The minimum absolute atomic E-state index is 0.0113. The van der Waals surface area contributed by atoms with Gasteiger partial charge in [0.15, 0.2) is 0 Å². The zero-order chi connectivity index (χ0) is 17.0. The second-order valence-corrected chi connectivity index (χ2v) is 5.14. The minimum atomic E-state index is -2.99. The maximum atomic E-state index is 12.4. The third-order valence-corrected chi connectivity index (χ3v) is 3.49. The number of rotatable bonds is 6. The molecule has 0 spiro atoms. The molecule has 0 aliphatic heterocycles. The standard InChI is InChI=1S/C14H13Cl2F2N3O2/c1-3-22-19-7-9-6-8(4-5-10(9)15)12-11(16)13(21(2)20-12)23-14(17)18/h4-7,14H,3H2,1-2H3/b19-7+.